The molecule has 2 nitrogen and oxygen atoms in total. The molecule has 0 aliphatic rings. The summed E-state index contributed by atoms with van der Waals surface area (Å²) in [6, 6.07) is 20.2. The highest BCUT2D eigenvalue weighted by atomic mass is 32.2. The van der Waals surface area contributed by atoms with Gasteiger partial charge in [0.2, 0.25) is 5.91 Å². The van der Waals surface area contributed by atoms with E-state index in [4.69, 9.17) is 0 Å². The third kappa shape index (κ3) is 3.71. The summed E-state index contributed by atoms with van der Waals surface area (Å²) in [5.41, 5.74) is 0.869. The molecule has 3 aromatic rings. The van der Waals surface area contributed by atoms with Gasteiger partial charge in [-0.3, -0.25) is 4.79 Å². The van der Waals surface area contributed by atoms with Crippen molar-refractivity contribution in [3.8, 4) is 0 Å². The van der Waals surface area contributed by atoms with Crippen LogP contribution < -0.4 is 4.90 Å². The van der Waals surface area contributed by atoms with Crippen molar-refractivity contribution in [1.82, 2.24) is 0 Å². The average molecular weight is 325 g/mol. The normalized spacial score (nSPS) is 10.7. The topological polar surface area (TPSA) is 20.3 Å². The molecule has 0 aromatic heterocycles. The van der Waals surface area contributed by atoms with Crippen molar-refractivity contribution in [2.45, 2.75) is 4.90 Å². The summed E-state index contributed by atoms with van der Waals surface area (Å²) >= 11 is 1.41. The van der Waals surface area contributed by atoms with E-state index < -0.39 is 0 Å². The molecule has 3 aromatic carbocycles. The van der Waals surface area contributed by atoms with E-state index in [9.17, 15) is 9.18 Å². The summed E-state index contributed by atoms with van der Waals surface area (Å²) < 4.78 is 12.9. The number of thioether (sulfide) groups is 1. The monoisotopic (exact) mass is 325 g/mol. The lowest BCUT2D eigenvalue weighted by molar-refractivity contribution is -0.115. The Labute approximate surface area is 138 Å². The van der Waals surface area contributed by atoms with Crippen molar-refractivity contribution in [2.24, 2.45) is 0 Å². The molecule has 1 amide bonds. The Hall–Kier alpha value is -2.33. The van der Waals surface area contributed by atoms with Gasteiger partial charge in [0, 0.05) is 17.6 Å². The number of halogens is 1. The first-order valence-corrected chi connectivity index (χ1v) is 8.26. The minimum absolute atomic E-state index is 0.00889. The Balaban J connectivity index is 1.69. The highest BCUT2D eigenvalue weighted by molar-refractivity contribution is 8.00. The number of fused-ring (bicyclic) bond motifs is 1. The fourth-order valence-corrected chi connectivity index (χ4v) is 3.11. The van der Waals surface area contributed by atoms with Gasteiger partial charge in [-0.05, 0) is 47.2 Å². The zero-order valence-corrected chi connectivity index (χ0v) is 13.5. The van der Waals surface area contributed by atoms with E-state index in [1.807, 2.05) is 42.5 Å². The van der Waals surface area contributed by atoms with Crippen molar-refractivity contribution in [2.75, 3.05) is 17.7 Å². The molecule has 116 valence electrons. The lowest BCUT2D eigenvalue weighted by Gasteiger charge is -2.17. The van der Waals surface area contributed by atoms with Gasteiger partial charge in [-0.15, -0.1) is 11.8 Å². The summed E-state index contributed by atoms with van der Waals surface area (Å²) in [6.07, 6.45) is 0. The molecule has 0 saturated heterocycles. The van der Waals surface area contributed by atoms with Crippen LogP contribution in [0.25, 0.3) is 10.8 Å². The molecule has 23 heavy (non-hydrogen) atoms. The van der Waals surface area contributed by atoms with Gasteiger partial charge in [0.1, 0.15) is 5.82 Å². The fourth-order valence-electron chi connectivity index (χ4n) is 2.30. The van der Waals surface area contributed by atoms with Gasteiger partial charge in [-0.2, -0.15) is 0 Å². The number of hydrogen-bond acceptors (Lipinski definition) is 2. The Morgan fingerprint density at radius 1 is 1.00 bits per heavy atom. The molecule has 0 spiro atoms. The minimum Gasteiger partial charge on any atom is -0.315 e. The number of rotatable bonds is 4. The molecule has 0 heterocycles. The molecule has 0 atom stereocenters. The largest absolute Gasteiger partial charge is 0.315 e. The average Bonchev–Trinajstić information content (AvgIpc) is 2.60. The first kappa shape index (κ1) is 15.6. The van der Waals surface area contributed by atoms with Gasteiger partial charge < -0.3 is 4.90 Å². The number of amides is 1. The number of hydrogen-bond donors (Lipinski definition) is 0. The number of carbonyl (C=O) groups excluding carboxylic acids is 1. The van der Waals surface area contributed by atoms with Crippen LogP contribution in [0.4, 0.5) is 10.1 Å². The van der Waals surface area contributed by atoms with Crippen molar-refractivity contribution >= 4 is 34.1 Å². The quantitative estimate of drug-likeness (QED) is 0.646. The maximum Gasteiger partial charge on any atom is 0.237 e. The highest BCUT2D eigenvalue weighted by Gasteiger charge is 2.12. The van der Waals surface area contributed by atoms with E-state index in [0.717, 1.165) is 21.4 Å². The molecule has 0 bridgehead atoms. The van der Waals surface area contributed by atoms with Crippen LogP contribution in [-0.4, -0.2) is 18.7 Å². The van der Waals surface area contributed by atoms with Crippen LogP contribution in [0.15, 0.2) is 71.6 Å². The van der Waals surface area contributed by atoms with Crippen LogP contribution in [0.2, 0.25) is 0 Å². The third-order valence-corrected chi connectivity index (χ3v) is 4.67. The zero-order chi connectivity index (χ0) is 16.2. The highest BCUT2D eigenvalue weighted by Crippen LogP contribution is 2.23. The lowest BCUT2D eigenvalue weighted by atomic mass is 10.1. The van der Waals surface area contributed by atoms with Gasteiger partial charge in [0.15, 0.2) is 0 Å². The third-order valence-electron chi connectivity index (χ3n) is 3.67. The summed E-state index contributed by atoms with van der Waals surface area (Å²) in [6.45, 7) is 0. The van der Waals surface area contributed by atoms with Crippen LogP contribution in [-0.2, 0) is 4.79 Å². The number of nitrogens with zero attached hydrogens (tertiary/aromatic N) is 1. The molecule has 0 fully saturated rings. The van der Waals surface area contributed by atoms with Crippen LogP contribution in [0.3, 0.4) is 0 Å². The van der Waals surface area contributed by atoms with Crippen molar-refractivity contribution in [3.63, 3.8) is 0 Å². The molecule has 0 N–H and O–H groups in total. The molecule has 3 rings (SSSR count). The second-order valence-electron chi connectivity index (χ2n) is 5.23. The van der Waals surface area contributed by atoms with Crippen LogP contribution >= 0.6 is 11.8 Å². The van der Waals surface area contributed by atoms with Gasteiger partial charge in [-0.25, -0.2) is 4.39 Å². The SMILES string of the molecule is CN(C(=O)CSc1ccc(F)cc1)c1ccc2ccccc2c1. The summed E-state index contributed by atoms with van der Waals surface area (Å²) in [5.74, 6) is 0.0539. The Morgan fingerprint density at radius 2 is 1.70 bits per heavy atom. The van der Waals surface area contributed by atoms with Crippen molar-refractivity contribution < 1.29 is 9.18 Å². The molecule has 0 radical (unpaired) electrons. The number of anilines is 1. The molecule has 4 heteroatoms. The van der Waals surface area contributed by atoms with E-state index in [1.54, 1.807) is 24.1 Å². The lowest BCUT2D eigenvalue weighted by Crippen LogP contribution is -2.27. The summed E-state index contributed by atoms with van der Waals surface area (Å²) in [4.78, 5) is 14.9. The van der Waals surface area contributed by atoms with Gasteiger partial charge >= 0.3 is 0 Å². The van der Waals surface area contributed by atoms with Crippen LogP contribution in [0.5, 0.6) is 0 Å². The molecule has 0 saturated carbocycles. The fraction of sp³-hybridized carbons (Fsp3) is 0.105. The van der Waals surface area contributed by atoms with Gasteiger partial charge in [0.25, 0.3) is 0 Å². The van der Waals surface area contributed by atoms with E-state index in [-0.39, 0.29) is 11.7 Å². The number of carbonyl (C=O) groups is 1. The Bertz CT molecular complexity index is 832. The first-order chi connectivity index (χ1) is 11.1. The molecular formula is C19H16FNOS. The van der Waals surface area contributed by atoms with Crippen LogP contribution in [0, 0.1) is 5.82 Å². The minimum atomic E-state index is -0.269. The molecular weight excluding hydrogens is 309 g/mol. The number of benzene rings is 3. The first-order valence-electron chi connectivity index (χ1n) is 7.27. The summed E-state index contributed by atoms with van der Waals surface area (Å²) in [7, 11) is 1.78. The van der Waals surface area contributed by atoms with Crippen LogP contribution in [0.1, 0.15) is 0 Å². The van der Waals surface area contributed by atoms with E-state index in [1.165, 1.54) is 23.9 Å². The standard InChI is InChI=1S/C19H16FNOS/c1-21(17-9-6-14-4-2-3-5-15(14)12-17)19(22)13-23-18-10-7-16(20)8-11-18/h2-12H,13H2,1H3. The maximum absolute atomic E-state index is 12.9. The van der Waals surface area contributed by atoms with Gasteiger partial charge in [-0.1, -0.05) is 30.3 Å². The molecule has 0 aliphatic carbocycles. The van der Waals surface area contributed by atoms with E-state index >= 15 is 0 Å². The zero-order valence-electron chi connectivity index (χ0n) is 12.7. The second kappa shape index (κ2) is 6.84. The maximum atomic E-state index is 12.9. The summed E-state index contributed by atoms with van der Waals surface area (Å²) in [5, 5.41) is 2.26. The second-order valence-corrected chi connectivity index (χ2v) is 6.28. The Kier molecular flexibility index (Phi) is 4.63. The predicted octanol–water partition coefficient (Wildman–Crippen LogP) is 4.73. The molecule has 0 unspecified atom stereocenters. The van der Waals surface area contributed by atoms with E-state index in [0.29, 0.717) is 5.75 Å². The predicted molar refractivity (Wildman–Crippen MR) is 94.5 cm³/mol. The van der Waals surface area contributed by atoms with Crippen molar-refractivity contribution in [3.05, 3.63) is 72.5 Å². The molecule has 0 aliphatic heterocycles. The van der Waals surface area contributed by atoms with Gasteiger partial charge in [0.05, 0.1) is 5.75 Å². The van der Waals surface area contributed by atoms with E-state index in [2.05, 4.69) is 0 Å². The smallest absolute Gasteiger partial charge is 0.237 e. The van der Waals surface area contributed by atoms with Crippen molar-refractivity contribution in [1.29, 1.82) is 0 Å². The Morgan fingerprint density at radius 3 is 2.43 bits per heavy atom.